The van der Waals surface area contributed by atoms with Crippen molar-refractivity contribution in [1.82, 2.24) is 15.1 Å². The van der Waals surface area contributed by atoms with Crippen molar-refractivity contribution in [3.8, 4) is 0 Å². The summed E-state index contributed by atoms with van der Waals surface area (Å²) >= 11 is 0. The fourth-order valence-corrected chi connectivity index (χ4v) is 3.05. The molecule has 1 fully saturated rings. The molecular formula is C19H31N3O2. The summed E-state index contributed by atoms with van der Waals surface area (Å²) in [6.45, 7) is 8.47. The molecule has 1 heterocycles. The summed E-state index contributed by atoms with van der Waals surface area (Å²) in [5.41, 5.74) is 1.39. The summed E-state index contributed by atoms with van der Waals surface area (Å²) in [6.07, 6.45) is 1.96. The molecule has 1 aromatic carbocycles. The quantitative estimate of drug-likeness (QED) is 0.694. The normalized spacial score (nSPS) is 17.6. The third-order valence-corrected chi connectivity index (χ3v) is 4.72. The summed E-state index contributed by atoms with van der Waals surface area (Å²) in [6, 6.07) is 10.6. The van der Waals surface area contributed by atoms with Crippen molar-refractivity contribution in [3.63, 3.8) is 0 Å². The standard InChI is InChI=1S/C19H31N3O2/c1-17(19(23)20-10-6-16-24-2)22-14-12-21(13-15-22)11-9-18-7-4-3-5-8-18/h3-5,7-8,17H,6,9-16H2,1-2H3,(H,20,23). The van der Waals surface area contributed by atoms with Crippen molar-refractivity contribution in [3.05, 3.63) is 35.9 Å². The zero-order chi connectivity index (χ0) is 17.2. The smallest absolute Gasteiger partial charge is 0.237 e. The van der Waals surface area contributed by atoms with E-state index < -0.39 is 0 Å². The summed E-state index contributed by atoms with van der Waals surface area (Å²) in [4.78, 5) is 17.0. The van der Waals surface area contributed by atoms with Crippen molar-refractivity contribution in [2.24, 2.45) is 0 Å². The molecule has 0 aromatic heterocycles. The molecule has 0 spiro atoms. The van der Waals surface area contributed by atoms with Gasteiger partial charge in [0, 0.05) is 53.0 Å². The molecule has 2 rings (SSSR count). The highest BCUT2D eigenvalue weighted by atomic mass is 16.5. The number of piperazine rings is 1. The van der Waals surface area contributed by atoms with Gasteiger partial charge in [0.05, 0.1) is 6.04 Å². The summed E-state index contributed by atoms with van der Waals surface area (Å²) in [5.74, 6) is 0.129. The lowest BCUT2D eigenvalue weighted by Gasteiger charge is -2.37. The van der Waals surface area contributed by atoms with Crippen molar-refractivity contribution in [2.45, 2.75) is 25.8 Å². The minimum absolute atomic E-state index is 0.0520. The molecule has 1 aliphatic heterocycles. The first-order chi connectivity index (χ1) is 11.7. The van der Waals surface area contributed by atoms with Gasteiger partial charge < -0.3 is 15.0 Å². The highest BCUT2D eigenvalue weighted by Crippen LogP contribution is 2.08. The number of nitrogens with one attached hydrogen (secondary N) is 1. The number of ether oxygens (including phenoxy) is 1. The van der Waals surface area contributed by atoms with E-state index in [4.69, 9.17) is 4.74 Å². The number of nitrogens with zero attached hydrogens (tertiary/aromatic N) is 2. The summed E-state index contributed by atoms with van der Waals surface area (Å²) in [5, 5.41) is 3.00. The van der Waals surface area contributed by atoms with Gasteiger partial charge in [-0.2, -0.15) is 0 Å². The van der Waals surface area contributed by atoms with Crippen LogP contribution in [0.3, 0.4) is 0 Å². The van der Waals surface area contributed by atoms with Crippen LogP contribution in [0.2, 0.25) is 0 Å². The minimum Gasteiger partial charge on any atom is -0.385 e. The Morgan fingerprint density at radius 2 is 1.92 bits per heavy atom. The van der Waals surface area contributed by atoms with Gasteiger partial charge in [-0.25, -0.2) is 0 Å². The van der Waals surface area contributed by atoms with Gasteiger partial charge in [-0.05, 0) is 25.3 Å². The van der Waals surface area contributed by atoms with E-state index in [1.807, 2.05) is 6.92 Å². The Hall–Kier alpha value is -1.43. The second-order valence-electron chi connectivity index (χ2n) is 6.43. The Balaban J connectivity index is 1.65. The zero-order valence-electron chi connectivity index (χ0n) is 15.0. The average molecular weight is 333 g/mol. The zero-order valence-corrected chi connectivity index (χ0v) is 15.0. The van der Waals surface area contributed by atoms with Gasteiger partial charge in [-0.1, -0.05) is 30.3 Å². The predicted octanol–water partition coefficient (Wildman–Crippen LogP) is 1.39. The Kier molecular flexibility index (Phi) is 8.22. The van der Waals surface area contributed by atoms with Gasteiger partial charge in [0.1, 0.15) is 0 Å². The molecule has 1 saturated heterocycles. The lowest BCUT2D eigenvalue weighted by atomic mass is 10.1. The van der Waals surface area contributed by atoms with E-state index in [2.05, 4.69) is 45.4 Å². The first kappa shape index (κ1) is 18.9. The van der Waals surface area contributed by atoms with Gasteiger partial charge in [0.2, 0.25) is 5.91 Å². The molecule has 0 saturated carbocycles. The van der Waals surface area contributed by atoms with Gasteiger partial charge >= 0.3 is 0 Å². The molecule has 1 aliphatic rings. The molecule has 1 N–H and O–H groups in total. The number of hydrogen-bond donors (Lipinski definition) is 1. The summed E-state index contributed by atoms with van der Waals surface area (Å²) < 4.78 is 5.00. The fraction of sp³-hybridized carbons (Fsp3) is 0.632. The maximum atomic E-state index is 12.2. The molecule has 1 amide bonds. The molecule has 24 heavy (non-hydrogen) atoms. The van der Waals surface area contributed by atoms with Gasteiger partial charge in [0.25, 0.3) is 0 Å². The number of rotatable bonds is 9. The number of carbonyl (C=O) groups is 1. The number of hydrogen-bond acceptors (Lipinski definition) is 4. The monoisotopic (exact) mass is 333 g/mol. The van der Waals surface area contributed by atoms with Crippen molar-refractivity contribution in [1.29, 1.82) is 0 Å². The van der Waals surface area contributed by atoms with Crippen LogP contribution in [-0.4, -0.2) is 74.7 Å². The second kappa shape index (κ2) is 10.4. The highest BCUT2D eigenvalue weighted by Gasteiger charge is 2.25. The molecule has 0 aliphatic carbocycles. The van der Waals surface area contributed by atoms with Gasteiger partial charge in [-0.3, -0.25) is 9.69 Å². The second-order valence-corrected chi connectivity index (χ2v) is 6.43. The number of benzene rings is 1. The molecule has 1 unspecified atom stereocenters. The van der Waals surface area contributed by atoms with E-state index in [1.165, 1.54) is 5.56 Å². The third-order valence-electron chi connectivity index (χ3n) is 4.72. The predicted molar refractivity (Wildman–Crippen MR) is 97.1 cm³/mol. The van der Waals surface area contributed by atoms with Crippen LogP contribution in [0.15, 0.2) is 30.3 Å². The maximum absolute atomic E-state index is 12.2. The van der Waals surface area contributed by atoms with Crippen LogP contribution in [0.25, 0.3) is 0 Å². The minimum atomic E-state index is -0.0520. The number of carbonyl (C=O) groups excluding carboxylic acids is 1. The molecular weight excluding hydrogens is 302 g/mol. The Morgan fingerprint density at radius 1 is 1.21 bits per heavy atom. The highest BCUT2D eigenvalue weighted by molar-refractivity contribution is 5.81. The SMILES string of the molecule is COCCCNC(=O)C(C)N1CCN(CCc2ccccc2)CC1. The van der Waals surface area contributed by atoms with E-state index >= 15 is 0 Å². The van der Waals surface area contributed by atoms with Crippen LogP contribution in [-0.2, 0) is 16.0 Å². The Bertz CT molecular complexity index is 473. The summed E-state index contributed by atoms with van der Waals surface area (Å²) in [7, 11) is 1.68. The van der Waals surface area contributed by atoms with Crippen LogP contribution in [0.5, 0.6) is 0 Å². The van der Waals surface area contributed by atoms with E-state index in [0.29, 0.717) is 13.2 Å². The van der Waals surface area contributed by atoms with Crippen LogP contribution >= 0.6 is 0 Å². The molecule has 5 heteroatoms. The lowest BCUT2D eigenvalue weighted by molar-refractivity contribution is -0.126. The number of amides is 1. The van der Waals surface area contributed by atoms with E-state index in [9.17, 15) is 4.79 Å². The Labute approximate surface area is 146 Å². The first-order valence-electron chi connectivity index (χ1n) is 8.97. The average Bonchev–Trinajstić information content (AvgIpc) is 2.64. The van der Waals surface area contributed by atoms with Crippen LogP contribution in [0.4, 0.5) is 0 Å². The van der Waals surface area contributed by atoms with Crippen LogP contribution in [0.1, 0.15) is 18.9 Å². The molecule has 5 nitrogen and oxygen atoms in total. The van der Waals surface area contributed by atoms with Crippen molar-refractivity contribution >= 4 is 5.91 Å². The van der Waals surface area contributed by atoms with E-state index in [0.717, 1.165) is 45.6 Å². The molecule has 0 bridgehead atoms. The van der Waals surface area contributed by atoms with E-state index in [-0.39, 0.29) is 11.9 Å². The fourth-order valence-electron chi connectivity index (χ4n) is 3.05. The van der Waals surface area contributed by atoms with Crippen LogP contribution in [0, 0.1) is 0 Å². The van der Waals surface area contributed by atoms with Crippen LogP contribution < -0.4 is 5.32 Å². The number of methoxy groups -OCH3 is 1. The molecule has 1 atom stereocenters. The topological polar surface area (TPSA) is 44.8 Å². The van der Waals surface area contributed by atoms with Gasteiger partial charge in [0.15, 0.2) is 0 Å². The van der Waals surface area contributed by atoms with Gasteiger partial charge in [-0.15, -0.1) is 0 Å². The van der Waals surface area contributed by atoms with E-state index in [1.54, 1.807) is 7.11 Å². The largest absolute Gasteiger partial charge is 0.385 e. The molecule has 134 valence electrons. The van der Waals surface area contributed by atoms with Crippen molar-refractivity contribution in [2.75, 3.05) is 53.0 Å². The Morgan fingerprint density at radius 3 is 2.58 bits per heavy atom. The third kappa shape index (κ3) is 6.23. The first-order valence-corrected chi connectivity index (χ1v) is 8.97. The van der Waals surface area contributed by atoms with Crippen molar-refractivity contribution < 1.29 is 9.53 Å². The molecule has 1 aromatic rings. The molecule has 0 radical (unpaired) electrons. The maximum Gasteiger partial charge on any atom is 0.237 e. The lowest BCUT2D eigenvalue weighted by Crippen LogP contribution is -2.54.